The van der Waals surface area contributed by atoms with E-state index in [1.807, 2.05) is 0 Å². The molecule has 2 fully saturated rings. The fourth-order valence-electron chi connectivity index (χ4n) is 2.41. The van der Waals surface area contributed by atoms with Crippen LogP contribution in [0.3, 0.4) is 0 Å². The number of hydrogen-bond donors (Lipinski definition) is 3. The van der Waals surface area contributed by atoms with Gasteiger partial charge in [-0.2, -0.15) is 0 Å². The molecule has 2 amide bonds. The van der Waals surface area contributed by atoms with E-state index in [9.17, 15) is 23.8 Å². The van der Waals surface area contributed by atoms with Gasteiger partial charge in [0.25, 0.3) is 0 Å². The molecule has 1 heterocycles. The average Bonchev–Trinajstić information content (AvgIpc) is 2.22. The summed E-state index contributed by atoms with van der Waals surface area (Å²) in [5.74, 6) is -1.21. The van der Waals surface area contributed by atoms with E-state index in [0.29, 0.717) is 13.1 Å². The molecule has 0 radical (unpaired) electrons. The predicted octanol–water partition coefficient (Wildman–Crippen LogP) is 0.167. The average molecular weight is 264 g/mol. The van der Waals surface area contributed by atoms with E-state index in [0.717, 1.165) is 6.42 Å². The quantitative estimate of drug-likeness (QED) is 0.665. The molecule has 1 aliphatic heterocycles. The van der Waals surface area contributed by atoms with E-state index in [-0.39, 0.29) is 18.9 Å². The third kappa shape index (κ3) is 2.56. The van der Waals surface area contributed by atoms with E-state index in [1.165, 1.54) is 0 Å². The van der Waals surface area contributed by atoms with Gasteiger partial charge >= 0.3 is 6.03 Å². The zero-order valence-corrected chi connectivity index (χ0v) is 9.93. The molecule has 1 saturated carbocycles. The van der Waals surface area contributed by atoms with Gasteiger partial charge in [0.2, 0.25) is 6.43 Å². The van der Waals surface area contributed by atoms with Crippen molar-refractivity contribution < 1.29 is 23.8 Å². The van der Waals surface area contributed by atoms with Crippen LogP contribution >= 0.6 is 0 Å². The molecule has 7 heteroatoms. The van der Waals surface area contributed by atoms with Crippen molar-refractivity contribution in [2.24, 2.45) is 5.92 Å². The van der Waals surface area contributed by atoms with Crippen molar-refractivity contribution in [3.8, 4) is 0 Å². The monoisotopic (exact) mass is 264 g/mol. The van der Waals surface area contributed by atoms with Gasteiger partial charge in [-0.05, 0) is 19.3 Å². The van der Waals surface area contributed by atoms with Gasteiger partial charge in [-0.25, -0.2) is 13.6 Å². The van der Waals surface area contributed by atoms with Crippen LogP contribution in [0.1, 0.15) is 19.3 Å². The molecule has 1 aliphatic carbocycles. The predicted molar refractivity (Wildman–Crippen MR) is 59.3 cm³/mol. The van der Waals surface area contributed by atoms with E-state index in [4.69, 9.17) is 0 Å². The Morgan fingerprint density at radius 1 is 1.22 bits per heavy atom. The number of hydrogen-bond acceptors (Lipinski definition) is 3. The van der Waals surface area contributed by atoms with Crippen LogP contribution < -0.4 is 5.32 Å². The number of carbonyl (C=O) groups excluding carboxylic acids is 1. The number of amides is 2. The number of nitrogens with zero attached hydrogens (tertiary/aromatic N) is 1. The molecule has 2 rings (SSSR count). The Labute approximate surface area is 104 Å². The van der Waals surface area contributed by atoms with E-state index in [2.05, 4.69) is 5.32 Å². The summed E-state index contributed by atoms with van der Waals surface area (Å²) >= 11 is 0. The fraction of sp³-hybridized carbons (Fsp3) is 0.909. The molecular weight excluding hydrogens is 246 g/mol. The molecule has 0 bridgehead atoms. The SMILES string of the molecule is O=C(N[C@H]1CCC(C(F)F)[C@@H](O)C1O)N1CCC1. The number of likely N-dealkylation sites (tertiary alicyclic amines) is 1. The van der Waals surface area contributed by atoms with Crippen LogP contribution in [-0.4, -0.2) is 58.9 Å². The molecule has 104 valence electrons. The topological polar surface area (TPSA) is 72.8 Å². The number of urea groups is 1. The standard InChI is InChI=1S/C11H18F2N2O3/c12-10(13)6-2-3-7(9(17)8(6)16)14-11(18)15-4-1-5-15/h6-10,16-17H,1-5H2,(H,14,18)/t6?,7-,8+,9?/m0/s1. The summed E-state index contributed by atoms with van der Waals surface area (Å²) in [7, 11) is 0. The van der Waals surface area contributed by atoms with Crippen LogP contribution in [-0.2, 0) is 0 Å². The third-order valence-electron chi connectivity index (χ3n) is 3.79. The van der Waals surface area contributed by atoms with E-state index >= 15 is 0 Å². The maximum absolute atomic E-state index is 12.6. The first-order chi connectivity index (χ1) is 8.50. The van der Waals surface area contributed by atoms with Crippen LogP contribution in [0.4, 0.5) is 13.6 Å². The molecule has 0 aromatic heterocycles. The highest BCUT2D eigenvalue weighted by molar-refractivity contribution is 5.75. The summed E-state index contributed by atoms with van der Waals surface area (Å²) in [4.78, 5) is 13.2. The van der Waals surface area contributed by atoms with Gasteiger partial charge in [0.1, 0.15) is 6.10 Å². The Kier molecular flexibility index (Phi) is 4.01. The molecule has 0 aromatic rings. The molecule has 0 spiro atoms. The van der Waals surface area contributed by atoms with Gasteiger partial charge in [-0.15, -0.1) is 0 Å². The molecule has 0 aromatic carbocycles. The van der Waals surface area contributed by atoms with E-state index < -0.39 is 30.6 Å². The number of aliphatic hydroxyl groups is 2. The number of halogens is 2. The largest absolute Gasteiger partial charge is 0.390 e. The van der Waals surface area contributed by atoms with Crippen LogP contribution in [0.15, 0.2) is 0 Å². The number of rotatable bonds is 2. The second-order valence-corrected chi connectivity index (χ2v) is 4.95. The second-order valence-electron chi connectivity index (χ2n) is 4.95. The smallest absolute Gasteiger partial charge is 0.317 e. The normalized spacial score (nSPS) is 36.4. The number of alkyl halides is 2. The van der Waals surface area contributed by atoms with Gasteiger partial charge < -0.3 is 20.4 Å². The summed E-state index contributed by atoms with van der Waals surface area (Å²) in [5, 5.41) is 22.0. The fourth-order valence-corrected chi connectivity index (χ4v) is 2.41. The molecule has 3 N–H and O–H groups in total. The summed E-state index contributed by atoms with van der Waals surface area (Å²) in [6.45, 7) is 1.35. The molecule has 4 atom stereocenters. The van der Waals surface area contributed by atoms with E-state index in [1.54, 1.807) is 4.90 Å². The molecule has 2 unspecified atom stereocenters. The van der Waals surface area contributed by atoms with Gasteiger partial charge in [-0.3, -0.25) is 0 Å². The lowest BCUT2D eigenvalue weighted by Gasteiger charge is -2.39. The van der Waals surface area contributed by atoms with Crippen LogP contribution in [0.25, 0.3) is 0 Å². The second kappa shape index (κ2) is 5.36. The highest BCUT2D eigenvalue weighted by Gasteiger charge is 2.42. The molecule has 18 heavy (non-hydrogen) atoms. The van der Waals surface area contributed by atoms with Gasteiger partial charge in [0, 0.05) is 19.0 Å². The lowest BCUT2D eigenvalue weighted by molar-refractivity contribution is -0.104. The summed E-state index contributed by atoms with van der Waals surface area (Å²) in [6, 6.07) is -0.948. The van der Waals surface area contributed by atoms with Crippen molar-refractivity contribution >= 4 is 6.03 Å². The molecule has 1 saturated heterocycles. The lowest BCUT2D eigenvalue weighted by atomic mass is 9.81. The summed E-state index contributed by atoms with van der Waals surface area (Å²) in [6.07, 6.45) is -4.16. The van der Waals surface area contributed by atoms with Crippen LogP contribution in [0.5, 0.6) is 0 Å². The molecule has 2 aliphatic rings. The van der Waals surface area contributed by atoms with Crippen molar-refractivity contribution in [2.45, 2.75) is 43.9 Å². The van der Waals surface area contributed by atoms with Gasteiger partial charge in [0.05, 0.1) is 12.1 Å². The van der Waals surface area contributed by atoms with Gasteiger partial charge in [0.15, 0.2) is 0 Å². The first kappa shape index (κ1) is 13.5. The first-order valence-corrected chi connectivity index (χ1v) is 6.20. The summed E-state index contributed by atoms with van der Waals surface area (Å²) in [5.41, 5.74) is 0. The Morgan fingerprint density at radius 3 is 2.39 bits per heavy atom. The van der Waals surface area contributed by atoms with Crippen molar-refractivity contribution in [1.29, 1.82) is 0 Å². The van der Waals surface area contributed by atoms with Crippen molar-refractivity contribution in [2.75, 3.05) is 13.1 Å². The Bertz CT molecular complexity index is 313. The minimum Gasteiger partial charge on any atom is -0.390 e. The van der Waals surface area contributed by atoms with Crippen molar-refractivity contribution in [1.82, 2.24) is 10.2 Å². The lowest BCUT2D eigenvalue weighted by Crippen LogP contribution is -2.58. The molecular formula is C11H18F2N2O3. The minimum atomic E-state index is -2.65. The first-order valence-electron chi connectivity index (χ1n) is 6.20. The maximum atomic E-state index is 12.6. The van der Waals surface area contributed by atoms with Crippen LogP contribution in [0, 0.1) is 5.92 Å². The molecule has 5 nitrogen and oxygen atoms in total. The van der Waals surface area contributed by atoms with Crippen molar-refractivity contribution in [3.63, 3.8) is 0 Å². The maximum Gasteiger partial charge on any atom is 0.317 e. The Balaban J connectivity index is 1.89. The third-order valence-corrected chi connectivity index (χ3v) is 3.79. The highest BCUT2D eigenvalue weighted by atomic mass is 19.3. The number of carbonyl (C=O) groups is 1. The van der Waals surface area contributed by atoms with Gasteiger partial charge in [-0.1, -0.05) is 0 Å². The highest BCUT2D eigenvalue weighted by Crippen LogP contribution is 2.30. The Hall–Kier alpha value is -0.950. The Morgan fingerprint density at radius 2 is 1.89 bits per heavy atom. The van der Waals surface area contributed by atoms with Crippen molar-refractivity contribution in [3.05, 3.63) is 0 Å². The number of aliphatic hydroxyl groups excluding tert-OH is 2. The minimum absolute atomic E-state index is 0.0981. The zero-order valence-electron chi connectivity index (χ0n) is 9.93. The van der Waals surface area contributed by atoms with Crippen LogP contribution in [0.2, 0.25) is 0 Å². The summed E-state index contributed by atoms with van der Waals surface area (Å²) < 4.78 is 25.1. The number of nitrogens with one attached hydrogen (secondary N) is 1. The zero-order chi connectivity index (χ0) is 13.3.